The van der Waals surface area contributed by atoms with Crippen LogP contribution in [0.2, 0.25) is 0 Å². The summed E-state index contributed by atoms with van der Waals surface area (Å²) >= 11 is 2.99. The molecule has 0 unspecified atom stereocenters. The Morgan fingerprint density at radius 2 is 2.06 bits per heavy atom. The molecule has 0 atom stereocenters. The molecule has 1 rings (SSSR count). The van der Waals surface area contributed by atoms with Gasteiger partial charge in [-0.3, -0.25) is 4.79 Å². The molecule has 0 aromatic heterocycles. The molecule has 0 bridgehead atoms. The van der Waals surface area contributed by atoms with E-state index in [2.05, 4.69) is 15.9 Å². The van der Waals surface area contributed by atoms with Gasteiger partial charge in [-0.1, -0.05) is 35.0 Å². The van der Waals surface area contributed by atoms with Crippen LogP contribution in [-0.2, 0) is 6.42 Å². The van der Waals surface area contributed by atoms with Crippen LogP contribution in [0, 0.1) is 0 Å². The van der Waals surface area contributed by atoms with Gasteiger partial charge in [0.1, 0.15) is 0 Å². The van der Waals surface area contributed by atoms with Crippen molar-refractivity contribution < 1.29 is 18.0 Å². The Balaban J connectivity index is 3.14. The number of carbonyl (C=O) groups excluding carboxylic acids is 1. The zero-order valence-corrected chi connectivity index (χ0v) is 12.1. The van der Waals surface area contributed by atoms with Crippen LogP contribution in [0.4, 0.5) is 13.2 Å². The first-order chi connectivity index (χ1) is 8.39. The lowest BCUT2D eigenvalue weighted by molar-refractivity contribution is -0.0328. The minimum Gasteiger partial charge on any atom is -0.294 e. The number of alkyl halides is 4. The maximum atomic E-state index is 12.4. The quantitative estimate of drug-likeness (QED) is 0.434. The number of hydrogen-bond acceptors (Lipinski definition) is 2. The molecule has 0 heterocycles. The second-order valence-electron chi connectivity index (χ2n) is 3.55. The van der Waals surface area contributed by atoms with Crippen molar-refractivity contribution in [2.75, 3.05) is 5.33 Å². The number of halogens is 4. The first kappa shape index (κ1) is 15.6. The van der Waals surface area contributed by atoms with Crippen molar-refractivity contribution in [2.45, 2.75) is 30.2 Å². The molecule has 6 heteroatoms. The third kappa shape index (κ3) is 4.31. The van der Waals surface area contributed by atoms with Crippen LogP contribution in [0.5, 0.6) is 0 Å². The zero-order chi connectivity index (χ0) is 13.8. The molecule has 0 saturated carbocycles. The van der Waals surface area contributed by atoms with Gasteiger partial charge in [0.25, 0.3) is 0 Å². The average Bonchev–Trinajstić information content (AvgIpc) is 2.27. The number of rotatable bonds is 5. The van der Waals surface area contributed by atoms with Crippen molar-refractivity contribution in [1.29, 1.82) is 0 Å². The summed E-state index contributed by atoms with van der Waals surface area (Å²) in [4.78, 5) is 11.9. The highest BCUT2D eigenvalue weighted by molar-refractivity contribution is 9.09. The molecule has 0 N–H and O–H groups in total. The standard InChI is InChI=1S/C12H12BrF3OS/c1-2-8-9(10(17)6-7-13)4-3-5-11(8)18-12(14,15)16/h3-5H,2,6-7H2,1H3. The van der Waals surface area contributed by atoms with Gasteiger partial charge in [0, 0.05) is 22.2 Å². The maximum absolute atomic E-state index is 12.4. The molecule has 0 aliphatic rings. The highest BCUT2D eigenvalue weighted by Gasteiger charge is 2.30. The van der Waals surface area contributed by atoms with E-state index in [4.69, 9.17) is 0 Å². The van der Waals surface area contributed by atoms with E-state index >= 15 is 0 Å². The number of carbonyl (C=O) groups is 1. The normalized spacial score (nSPS) is 11.6. The van der Waals surface area contributed by atoms with E-state index in [1.807, 2.05) is 0 Å². The largest absolute Gasteiger partial charge is 0.446 e. The summed E-state index contributed by atoms with van der Waals surface area (Å²) < 4.78 is 37.2. The van der Waals surface area contributed by atoms with Crippen molar-refractivity contribution in [2.24, 2.45) is 0 Å². The Labute approximate surface area is 116 Å². The molecule has 0 spiro atoms. The predicted octanol–water partition coefficient (Wildman–Crippen LogP) is 4.83. The van der Waals surface area contributed by atoms with Crippen LogP contribution in [0.3, 0.4) is 0 Å². The Morgan fingerprint density at radius 3 is 2.56 bits per heavy atom. The van der Waals surface area contributed by atoms with Crippen LogP contribution < -0.4 is 0 Å². The minimum atomic E-state index is -4.33. The van der Waals surface area contributed by atoms with Gasteiger partial charge in [-0.15, -0.1) is 0 Å². The summed E-state index contributed by atoms with van der Waals surface area (Å²) in [6.07, 6.45) is 0.690. The topological polar surface area (TPSA) is 17.1 Å². The summed E-state index contributed by atoms with van der Waals surface area (Å²) in [5, 5.41) is 0.506. The lowest BCUT2D eigenvalue weighted by Crippen LogP contribution is -2.07. The molecule has 0 aliphatic carbocycles. The summed E-state index contributed by atoms with van der Waals surface area (Å²) in [7, 11) is 0. The van der Waals surface area contributed by atoms with Gasteiger partial charge in [0.15, 0.2) is 5.78 Å². The molecule has 18 heavy (non-hydrogen) atoms. The fourth-order valence-electron chi connectivity index (χ4n) is 1.63. The Hall–Kier alpha value is -0.490. The summed E-state index contributed by atoms with van der Waals surface area (Å²) in [6, 6.07) is 4.49. The molecule has 1 nitrogen and oxygen atoms in total. The molecular formula is C12H12BrF3OS. The number of thioether (sulfide) groups is 1. The van der Waals surface area contributed by atoms with E-state index in [0.29, 0.717) is 22.9 Å². The fourth-order valence-corrected chi connectivity index (χ4v) is 2.77. The van der Waals surface area contributed by atoms with Gasteiger partial charge in [-0.2, -0.15) is 13.2 Å². The molecule has 0 saturated heterocycles. The monoisotopic (exact) mass is 340 g/mol. The number of benzene rings is 1. The van der Waals surface area contributed by atoms with Crippen molar-refractivity contribution in [3.05, 3.63) is 29.3 Å². The summed E-state index contributed by atoms with van der Waals surface area (Å²) in [5.41, 5.74) is -3.46. The molecule has 0 amide bonds. The van der Waals surface area contributed by atoms with Crippen molar-refractivity contribution in [3.63, 3.8) is 0 Å². The van der Waals surface area contributed by atoms with Gasteiger partial charge in [0.05, 0.1) is 0 Å². The predicted molar refractivity (Wildman–Crippen MR) is 70.5 cm³/mol. The third-order valence-electron chi connectivity index (χ3n) is 2.33. The smallest absolute Gasteiger partial charge is 0.294 e. The maximum Gasteiger partial charge on any atom is 0.446 e. The summed E-state index contributed by atoms with van der Waals surface area (Å²) in [6.45, 7) is 1.75. The van der Waals surface area contributed by atoms with Crippen molar-refractivity contribution in [1.82, 2.24) is 0 Å². The van der Waals surface area contributed by atoms with E-state index in [1.165, 1.54) is 12.1 Å². The van der Waals surface area contributed by atoms with Crippen molar-refractivity contribution in [3.8, 4) is 0 Å². The molecule has 1 aromatic rings. The van der Waals surface area contributed by atoms with Crippen LogP contribution in [0.25, 0.3) is 0 Å². The van der Waals surface area contributed by atoms with Crippen molar-refractivity contribution >= 4 is 33.5 Å². The summed E-state index contributed by atoms with van der Waals surface area (Å²) in [5.74, 6) is -0.131. The van der Waals surface area contributed by atoms with Crippen LogP contribution in [-0.4, -0.2) is 16.6 Å². The lowest BCUT2D eigenvalue weighted by Gasteiger charge is -2.13. The fraction of sp³-hybridized carbons (Fsp3) is 0.417. The Kier molecular flexibility index (Phi) is 5.72. The van der Waals surface area contributed by atoms with Crippen LogP contribution in [0.15, 0.2) is 23.1 Å². The van der Waals surface area contributed by atoms with E-state index in [9.17, 15) is 18.0 Å². The zero-order valence-electron chi connectivity index (χ0n) is 9.68. The number of hydrogen-bond donors (Lipinski definition) is 0. The van der Waals surface area contributed by atoms with Gasteiger partial charge in [-0.05, 0) is 29.8 Å². The second-order valence-corrected chi connectivity index (χ2v) is 5.45. The van der Waals surface area contributed by atoms with Gasteiger partial charge >= 0.3 is 5.51 Å². The Morgan fingerprint density at radius 1 is 1.39 bits per heavy atom. The van der Waals surface area contributed by atoms with Gasteiger partial charge in [-0.25, -0.2) is 0 Å². The molecule has 0 fully saturated rings. The Bertz CT molecular complexity index is 432. The van der Waals surface area contributed by atoms with E-state index in [1.54, 1.807) is 13.0 Å². The first-order valence-corrected chi connectivity index (χ1v) is 7.29. The van der Waals surface area contributed by atoms with Gasteiger partial charge in [0.2, 0.25) is 0 Å². The average molecular weight is 341 g/mol. The first-order valence-electron chi connectivity index (χ1n) is 5.35. The number of Topliss-reactive ketones (excluding diaryl/α,β-unsaturated/α-hetero) is 1. The van der Waals surface area contributed by atoms with E-state index < -0.39 is 5.51 Å². The van der Waals surface area contributed by atoms with Crippen LogP contribution >= 0.6 is 27.7 Å². The second kappa shape index (κ2) is 6.61. The van der Waals surface area contributed by atoms with E-state index in [0.717, 1.165) is 0 Å². The lowest BCUT2D eigenvalue weighted by atomic mass is 10.0. The molecule has 0 aliphatic heterocycles. The van der Waals surface area contributed by atoms with Gasteiger partial charge < -0.3 is 0 Å². The molecule has 1 aromatic carbocycles. The molecule has 0 radical (unpaired) electrons. The van der Waals surface area contributed by atoms with Crippen LogP contribution in [0.1, 0.15) is 29.3 Å². The highest BCUT2D eigenvalue weighted by atomic mass is 79.9. The molecule has 100 valence electrons. The van der Waals surface area contributed by atoms with E-state index in [-0.39, 0.29) is 28.9 Å². The minimum absolute atomic E-state index is 0.116. The number of ketones is 1. The highest BCUT2D eigenvalue weighted by Crippen LogP contribution is 2.39. The third-order valence-corrected chi connectivity index (χ3v) is 3.56. The SMILES string of the molecule is CCc1c(SC(F)(F)F)cccc1C(=O)CCBr. The molecular weight excluding hydrogens is 329 g/mol.